The minimum atomic E-state index is 0. The Morgan fingerprint density at radius 3 is 2.28 bits per heavy atom. The molecule has 1 aliphatic heterocycles. The van der Waals surface area contributed by atoms with Crippen molar-refractivity contribution in [2.45, 2.75) is 4.90 Å². The summed E-state index contributed by atoms with van der Waals surface area (Å²) in [6.07, 6.45) is 4.04. The number of likely N-dealkylation sites (N-methyl/N-ethyl adjacent to an activating group) is 1. The summed E-state index contributed by atoms with van der Waals surface area (Å²) in [5, 5.41) is 6.66. The molecule has 0 spiro atoms. The molecule has 0 atom stereocenters. The Morgan fingerprint density at radius 1 is 1.11 bits per heavy atom. The van der Waals surface area contributed by atoms with Crippen LogP contribution in [-0.4, -0.2) is 55.6 Å². The monoisotopic (exact) mass is 285 g/mol. The van der Waals surface area contributed by atoms with Gasteiger partial charge in [0.1, 0.15) is 0 Å². The van der Waals surface area contributed by atoms with E-state index in [1.807, 2.05) is 6.21 Å². The third-order valence-corrected chi connectivity index (χ3v) is 3.71. The molecule has 0 saturated carbocycles. The number of hydrogen-bond acceptors (Lipinski definition) is 4. The third-order valence-electron chi connectivity index (χ3n) is 2.97. The second-order valence-electron chi connectivity index (χ2n) is 4.27. The van der Waals surface area contributed by atoms with Gasteiger partial charge in [-0.1, -0.05) is 12.1 Å². The largest absolute Gasteiger partial charge is 0.303 e. The van der Waals surface area contributed by atoms with Crippen LogP contribution in [0.4, 0.5) is 0 Å². The van der Waals surface area contributed by atoms with E-state index in [1.165, 1.54) is 10.5 Å². The van der Waals surface area contributed by atoms with Gasteiger partial charge in [0.2, 0.25) is 0 Å². The van der Waals surface area contributed by atoms with E-state index in [0.29, 0.717) is 0 Å². The maximum Gasteiger partial charge on any atom is 0.0542 e. The zero-order valence-electron chi connectivity index (χ0n) is 10.9. The summed E-state index contributed by atoms with van der Waals surface area (Å²) < 4.78 is 0. The molecule has 0 aliphatic carbocycles. The van der Waals surface area contributed by atoms with E-state index >= 15 is 0 Å². The molecule has 1 aromatic rings. The van der Waals surface area contributed by atoms with Gasteiger partial charge in [-0.25, -0.2) is 0 Å². The minimum absolute atomic E-state index is 0. The van der Waals surface area contributed by atoms with Crippen molar-refractivity contribution in [1.29, 1.82) is 0 Å². The van der Waals surface area contributed by atoms with Gasteiger partial charge in [0.15, 0.2) is 0 Å². The number of hydrogen-bond donors (Lipinski definition) is 0. The van der Waals surface area contributed by atoms with Gasteiger partial charge in [0.05, 0.1) is 6.21 Å². The van der Waals surface area contributed by atoms with Crippen LogP contribution in [0.2, 0.25) is 0 Å². The number of nitrogens with zero attached hydrogens (tertiary/aromatic N) is 3. The molecular weight excluding hydrogens is 266 g/mol. The van der Waals surface area contributed by atoms with Crippen molar-refractivity contribution in [3.8, 4) is 0 Å². The van der Waals surface area contributed by atoms with E-state index in [-0.39, 0.29) is 12.4 Å². The van der Waals surface area contributed by atoms with E-state index in [4.69, 9.17) is 0 Å². The summed E-state index contributed by atoms with van der Waals surface area (Å²) in [6, 6.07) is 8.50. The van der Waals surface area contributed by atoms with Crippen LogP contribution >= 0.6 is 24.2 Å². The molecule has 1 heterocycles. The van der Waals surface area contributed by atoms with E-state index in [2.05, 4.69) is 52.6 Å². The van der Waals surface area contributed by atoms with E-state index < -0.39 is 0 Å². The first-order valence-corrected chi connectivity index (χ1v) is 7.12. The summed E-state index contributed by atoms with van der Waals surface area (Å²) in [5.74, 6) is 0. The molecule has 2 rings (SSSR count). The molecule has 18 heavy (non-hydrogen) atoms. The Kier molecular flexibility index (Phi) is 6.54. The van der Waals surface area contributed by atoms with Crippen LogP contribution in [-0.2, 0) is 0 Å². The Morgan fingerprint density at radius 2 is 1.72 bits per heavy atom. The van der Waals surface area contributed by atoms with Crippen LogP contribution in [0, 0.1) is 0 Å². The molecule has 5 heteroatoms. The Balaban J connectivity index is 0.00000162. The van der Waals surface area contributed by atoms with Crippen LogP contribution in [0.15, 0.2) is 34.3 Å². The van der Waals surface area contributed by atoms with E-state index in [1.54, 1.807) is 11.8 Å². The first-order valence-electron chi connectivity index (χ1n) is 5.89. The highest BCUT2D eigenvalue weighted by Gasteiger charge is 2.10. The fraction of sp³-hybridized carbons (Fsp3) is 0.462. The molecule has 1 fully saturated rings. The van der Waals surface area contributed by atoms with Crippen molar-refractivity contribution in [1.82, 2.24) is 9.91 Å². The van der Waals surface area contributed by atoms with Crippen LogP contribution < -0.4 is 0 Å². The Hall–Kier alpha value is -0.710. The first-order chi connectivity index (χ1) is 8.28. The predicted molar refractivity (Wildman–Crippen MR) is 82.1 cm³/mol. The SMILES string of the molecule is CSc1ccc(C=NN2CCN(C)CC2)cc1.Cl. The highest BCUT2D eigenvalue weighted by atomic mass is 35.5. The second kappa shape index (κ2) is 7.67. The quantitative estimate of drug-likeness (QED) is 0.628. The number of thioether (sulfide) groups is 1. The van der Waals surface area contributed by atoms with E-state index in [9.17, 15) is 0 Å². The zero-order valence-corrected chi connectivity index (χ0v) is 12.5. The maximum absolute atomic E-state index is 4.52. The van der Waals surface area contributed by atoms with Gasteiger partial charge in [-0.15, -0.1) is 24.2 Å². The van der Waals surface area contributed by atoms with Crippen LogP contribution in [0.3, 0.4) is 0 Å². The Labute approximate surface area is 120 Å². The van der Waals surface area contributed by atoms with Gasteiger partial charge in [0.25, 0.3) is 0 Å². The average molecular weight is 286 g/mol. The summed E-state index contributed by atoms with van der Waals surface area (Å²) in [4.78, 5) is 3.63. The zero-order chi connectivity index (χ0) is 12.1. The highest BCUT2D eigenvalue weighted by molar-refractivity contribution is 7.98. The molecule has 100 valence electrons. The fourth-order valence-corrected chi connectivity index (χ4v) is 2.16. The van der Waals surface area contributed by atoms with Crippen LogP contribution in [0.5, 0.6) is 0 Å². The lowest BCUT2D eigenvalue weighted by atomic mass is 10.2. The smallest absolute Gasteiger partial charge is 0.0542 e. The average Bonchev–Trinajstić information content (AvgIpc) is 2.39. The number of rotatable bonds is 3. The number of halogens is 1. The van der Waals surface area contributed by atoms with Crippen LogP contribution in [0.25, 0.3) is 0 Å². The first kappa shape index (κ1) is 15.3. The predicted octanol–water partition coefficient (Wildman–Crippen LogP) is 2.41. The summed E-state index contributed by atoms with van der Waals surface area (Å²) in [6.45, 7) is 4.25. The number of piperazine rings is 1. The summed E-state index contributed by atoms with van der Waals surface area (Å²) in [5.41, 5.74) is 1.17. The van der Waals surface area contributed by atoms with Crippen molar-refractivity contribution >= 4 is 30.4 Å². The number of benzene rings is 1. The van der Waals surface area contributed by atoms with Gasteiger partial charge in [0, 0.05) is 31.1 Å². The summed E-state index contributed by atoms with van der Waals surface area (Å²) in [7, 11) is 2.15. The maximum atomic E-state index is 4.52. The van der Waals surface area contributed by atoms with E-state index in [0.717, 1.165) is 26.2 Å². The lowest BCUT2D eigenvalue weighted by Crippen LogP contribution is -2.41. The molecular formula is C13H20ClN3S. The van der Waals surface area contributed by atoms with Crippen molar-refractivity contribution < 1.29 is 0 Å². The molecule has 0 unspecified atom stereocenters. The topological polar surface area (TPSA) is 18.8 Å². The third kappa shape index (κ3) is 4.52. The molecule has 0 bridgehead atoms. The van der Waals surface area contributed by atoms with Crippen molar-refractivity contribution in [2.75, 3.05) is 39.5 Å². The lowest BCUT2D eigenvalue weighted by Gasteiger charge is -2.30. The normalized spacial score (nSPS) is 16.9. The summed E-state index contributed by atoms with van der Waals surface area (Å²) >= 11 is 1.76. The molecule has 0 aromatic heterocycles. The van der Waals surface area contributed by atoms with Crippen molar-refractivity contribution in [3.05, 3.63) is 29.8 Å². The standard InChI is InChI=1S/C13H19N3S.ClH/c1-15-7-9-16(10-8-15)14-11-12-3-5-13(17-2)6-4-12;/h3-6,11H,7-10H2,1-2H3;1H. The molecule has 1 aliphatic rings. The molecule has 0 amide bonds. The fourth-order valence-electron chi connectivity index (χ4n) is 1.75. The van der Waals surface area contributed by atoms with Crippen molar-refractivity contribution in [2.24, 2.45) is 5.10 Å². The molecule has 3 nitrogen and oxygen atoms in total. The second-order valence-corrected chi connectivity index (χ2v) is 5.15. The van der Waals surface area contributed by atoms with Crippen LogP contribution in [0.1, 0.15) is 5.56 Å². The minimum Gasteiger partial charge on any atom is -0.303 e. The van der Waals surface area contributed by atoms with Crippen molar-refractivity contribution in [3.63, 3.8) is 0 Å². The molecule has 1 saturated heterocycles. The van der Waals surface area contributed by atoms with Gasteiger partial charge >= 0.3 is 0 Å². The lowest BCUT2D eigenvalue weighted by molar-refractivity contribution is 0.159. The van der Waals surface area contributed by atoms with Gasteiger partial charge < -0.3 is 4.90 Å². The molecule has 0 radical (unpaired) electrons. The van der Waals surface area contributed by atoms with Gasteiger partial charge in [-0.3, -0.25) is 5.01 Å². The van der Waals surface area contributed by atoms with Gasteiger partial charge in [-0.2, -0.15) is 5.10 Å². The number of hydrazone groups is 1. The Bertz CT molecular complexity index is 372. The highest BCUT2D eigenvalue weighted by Crippen LogP contribution is 2.14. The molecule has 1 aromatic carbocycles. The molecule has 0 N–H and O–H groups in total. The van der Waals surface area contributed by atoms with Gasteiger partial charge in [-0.05, 0) is 31.0 Å².